The lowest BCUT2D eigenvalue weighted by Gasteiger charge is -2.18. The van der Waals surface area contributed by atoms with Crippen molar-refractivity contribution in [3.8, 4) is 0 Å². The minimum atomic E-state index is -3.44. The molecule has 3 N–H and O–H groups in total. The van der Waals surface area contributed by atoms with Gasteiger partial charge in [0.05, 0.1) is 16.8 Å². The van der Waals surface area contributed by atoms with Gasteiger partial charge in [0.2, 0.25) is 0 Å². The molecule has 1 aromatic carbocycles. The zero-order valence-corrected chi connectivity index (χ0v) is 8.71. The number of benzene rings is 1. The van der Waals surface area contributed by atoms with Crippen LogP contribution in [0.1, 0.15) is 11.1 Å². The molecule has 0 spiro atoms. The Morgan fingerprint density at radius 3 is 2.80 bits per heavy atom. The maximum atomic E-state index is 11.3. The molecule has 1 aromatic rings. The lowest BCUT2D eigenvalue weighted by Crippen LogP contribution is -2.19. The molecule has 4 nitrogen and oxygen atoms in total. The normalized spacial score (nSPS) is 17.2. The van der Waals surface area contributed by atoms with Crippen LogP contribution in [-0.4, -0.2) is 8.42 Å². The maximum Gasteiger partial charge on any atom is 0.257 e. The Balaban J connectivity index is 2.75. The molecule has 0 fully saturated rings. The molecule has 0 unspecified atom stereocenters. The summed E-state index contributed by atoms with van der Waals surface area (Å²) in [5.74, 6) is 0. The van der Waals surface area contributed by atoms with Gasteiger partial charge in [0.15, 0.2) is 0 Å². The van der Waals surface area contributed by atoms with E-state index < -0.39 is 10.0 Å². The summed E-state index contributed by atoms with van der Waals surface area (Å²) in [6, 6.07) is 5.24. The third-order valence-electron chi connectivity index (χ3n) is 2.14. The highest BCUT2D eigenvalue weighted by molar-refractivity contribution is 7.95. The van der Waals surface area contributed by atoms with E-state index in [1.165, 1.54) is 0 Å². The SMILES string of the molecule is C=Cc1cccc2c1C(N)=CS(=O)(=O)N2. The second-order valence-corrected chi connectivity index (χ2v) is 4.72. The molecule has 1 aliphatic rings. The highest BCUT2D eigenvalue weighted by Gasteiger charge is 2.20. The molecule has 15 heavy (non-hydrogen) atoms. The van der Waals surface area contributed by atoms with E-state index in [9.17, 15) is 8.42 Å². The molecule has 0 aromatic heterocycles. The van der Waals surface area contributed by atoms with E-state index in [1.54, 1.807) is 18.2 Å². The summed E-state index contributed by atoms with van der Waals surface area (Å²) in [6.07, 6.45) is 1.64. The number of nitrogens with two attached hydrogens (primary N) is 1. The van der Waals surface area contributed by atoms with Crippen molar-refractivity contribution in [1.82, 2.24) is 0 Å². The fourth-order valence-electron chi connectivity index (χ4n) is 1.56. The number of fused-ring (bicyclic) bond motifs is 1. The summed E-state index contributed by atoms with van der Waals surface area (Å²) in [7, 11) is -3.44. The largest absolute Gasteiger partial charge is 0.398 e. The summed E-state index contributed by atoms with van der Waals surface area (Å²) >= 11 is 0. The number of sulfonamides is 1. The van der Waals surface area contributed by atoms with Crippen LogP contribution >= 0.6 is 0 Å². The average Bonchev–Trinajstić information content (AvgIpc) is 2.14. The van der Waals surface area contributed by atoms with Gasteiger partial charge in [0.25, 0.3) is 10.0 Å². The second-order valence-electron chi connectivity index (χ2n) is 3.19. The third kappa shape index (κ3) is 1.61. The van der Waals surface area contributed by atoms with Gasteiger partial charge in [0, 0.05) is 5.56 Å². The van der Waals surface area contributed by atoms with E-state index in [0.29, 0.717) is 11.3 Å². The van der Waals surface area contributed by atoms with E-state index in [4.69, 9.17) is 5.73 Å². The van der Waals surface area contributed by atoms with Crippen molar-refractivity contribution in [2.75, 3.05) is 4.72 Å². The topological polar surface area (TPSA) is 72.2 Å². The first-order chi connectivity index (χ1) is 7.03. The molecule has 1 heterocycles. The van der Waals surface area contributed by atoms with Gasteiger partial charge in [-0.2, -0.15) is 0 Å². The Kier molecular flexibility index (Phi) is 2.04. The lowest BCUT2D eigenvalue weighted by molar-refractivity contribution is 0.609. The predicted octanol–water partition coefficient (Wildman–Crippen LogP) is 1.34. The number of hydrogen-bond acceptors (Lipinski definition) is 3. The summed E-state index contributed by atoms with van der Waals surface area (Å²) < 4.78 is 25.1. The number of hydrogen-bond donors (Lipinski definition) is 2. The van der Waals surface area contributed by atoms with Gasteiger partial charge in [-0.25, -0.2) is 8.42 Å². The van der Waals surface area contributed by atoms with Crippen LogP contribution in [0.15, 0.2) is 30.2 Å². The summed E-state index contributed by atoms with van der Waals surface area (Å²) in [5, 5.41) is 1.02. The predicted molar refractivity (Wildman–Crippen MR) is 61.2 cm³/mol. The Bertz CT molecular complexity index is 559. The standard InChI is InChI=1S/C10H10N2O2S/c1-2-7-4-3-5-9-10(7)8(11)6-15(13,14)12-9/h2-6,12H,1,11H2. The van der Waals surface area contributed by atoms with Gasteiger partial charge in [-0.05, 0) is 11.6 Å². The van der Waals surface area contributed by atoms with Crippen LogP contribution < -0.4 is 10.5 Å². The Hall–Kier alpha value is -1.75. The maximum absolute atomic E-state index is 11.3. The molecule has 1 aliphatic heterocycles. The first-order valence-corrected chi connectivity index (χ1v) is 5.84. The third-order valence-corrected chi connectivity index (χ3v) is 3.21. The second kappa shape index (κ2) is 3.13. The van der Waals surface area contributed by atoms with Gasteiger partial charge < -0.3 is 5.73 Å². The molecule has 0 bridgehead atoms. The number of anilines is 1. The minimum Gasteiger partial charge on any atom is -0.398 e. The quantitative estimate of drug-likeness (QED) is 0.753. The van der Waals surface area contributed by atoms with E-state index in [-0.39, 0.29) is 5.70 Å². The molecule has 0 saturated heterocycles. The number of nitrogens with one attached hydrogen (secondary N) is 1. The van der Waals surface area contributed by atoms with Crippen LogP contribution in [0.3, 0.4) is 0 Å². The van der Waals surface area contributed by atoms with Crippen molar-refractivity contribution in [2.24, 2.45) is 5.73 Å². The number of rotatable bonds is 1. The van der Waals surface area contributed by atoms with Crippen LogP contribution in [0.25, 0.3) is 11.8 Å². The fraction of sp³-hybridized carbons (Fsp3) is 0. The molecule has 0 radical (unpaired) electrons. The van der Waals surface area contributed by atoms with E-state index in [0.717, 1.165) is 11.0 Å². The Morgan fingerprint density at radius 1 is 1.40 bits per heavy atom. The minimum absolute atomic E-state index is 0.235. The van der Waals surface area contributed by atoms with E-state index in [2.05, 4.69) is 11.3 Å². The molecule has 0 atom stereocenters. The molecular formula is C10H10N2O2S. The van der Waals surface area contributed by atoms with Crippen molar-refractivity contribution in [3.63, 3.8) is 0 Å². The van der Waals surface area contributed by atoms with Gasteiger partial charge in [-0.3, -0.25) is 4.72 Å². The zero-order chi connectivity index (χ0) is 11.1. The smallest absolute Gasteiger partial charge is 0.257 e. The van der Waals surface area contributed by atoms with Gasteiger partial charge in [-0.15, -0.1) is 0 Å². The van der Waals surface area contributed by atoms with Crippen molar-refractivity contribution < 1.29 is 8.42 Å². The average molecular weight is 222 g/mol. The molecule has 78 valence electrons. The highest BCUT2D eigenvalue weighted by Crippen LogP contribution is 2.30. The Labute approximate surface area is 88.2 Å². The van der Waals surface area contributed by atoms with Crippen LogP contribution in [0.4, 0.5) is 5.69 Å². The highest BCUT2D eigenvalue weighted by atomic mass is 32.2. The van der Waals surface area contributed by atoms with Crippen molar-refractivity contribution >= 4 is 27.5 Å². The molecule has 0 saturated carbocycles. The lowest BCUT2D eigenvalue weighted by atomic mass is 10.0. The van der Waals surface area contributed by atoms with E-state index in [1.807, 2.05) is 6.07 Å². The molecule has 5 heteroatoms. The zero-order valence-electron chi connectivity index (χ0n) is 7.90. The van der Waals surface area contributed by atoms with E-state index >= 15 is 0 Å². The van der Waals surface area contributed by atoms with Gasteiger partial charge >= 0.3 is 0 Å². The van der Waals surface area contributed by atoms with Gasteiger partial charge in [-0.1, -0.05) is 24.8 Å². The monoisotopic (exact) mass is 222 g/mol. The Morgan fingerprint density at radius 2 is 2.13 bits per heavy atom. The van der Waals surface area contributed by atoms with Crippen LogP contribution in [0, 0.1) is 0 Å². The summed E-state index contributed by atoms with van der Waals surface area (Å²) in [4.78, 5) is 0. The van der Waals surface area contributed by atoms with Crippen molar-refractivity contribution in [1.29, 1.82) is 0 Å². The van der Waals surface area contributed by atoms with Crippen LogP contribution in [-0.2, 0) is 10.0 Å². The molecular weight excluding hydrogens is 212 g/mol. The summed E-state index contributed by atoms with van der Waals surface area (Å²) in [5.41, 5.74) is 7.91. The van der Waals surface area contributed by atoms with Crippen molar-refractivity contribution in [3.05, 3.63) is 41.3 Å². The molecule has 0 amide bonds. The summed E-state index contributed by atoms with van der Waals surface area (Å²) in [6.45, 7) is 3.65. The first-order valence-electron chi connectivity index (χ1n) is 4.29. The van der Waals surface area contributed by atoms with Crippen molar-refractivity contribution in [2.45, 2.75) is 0 Å². The fourth-order valence-corrected chi connectivity index (χ4v) is 2.54. The van der Waals surface area contributed by atoms with Crippen LogP contribution in [0.5, 0.6) is 0 Å². The van der Waals surface area contributed by atoms with Crippen LogP contribution in [0.2, 0.25) is 0 Å². The first kappa shape index (κ1) is 9.79. The van der Waals surface area contributed by atoms with Gasteiger partial charge in [0.1, 0.15) is 0 Å². The molecule has 0 aliphatic carbocycles. The molecule has 2 rings (SSSR count).